The van der Waals surface area contributed by atoms with Crippen LogP contribution in [0.4, 0.5) is 0 Å². The Labute approximate surface area is 279 Å². The van der Waals surface area contributed by atoms with Gasteiger partial charge >= 0.3 is 0 Å². The maximum absolute atomic E-state index is 5.94. The lowest BCUT2D eigenvalue weighted by Gasteiger charge is -2.11. The molecule has 9 aromatic rings. The van der Waals surface area contributed by atoms with E-state index in [1.54, 1.807) is 0 Å². The molecule has 2 aromatic heterocycles. The highest BCUT2D eigenvalue weighted by Gasteiger charge is 2.14. The summed E-state index contributed by atoms with van der Waals surface area (Å²) in [6.07, 6.45) is 1.95. The topological polar surface area (TPSA) is 19.1 Å². The first-order chi connectivity index (χ1) is 23.8. The zero-order chi connectivity index (χ0) is 31.9. The largest absolute Gasteiger partial charge is 0.494 e. The number of nitrogens with zero attached hydrogens (tertiary/aromatic N) is 2. The Morgan fingerprint density at radius 3 is 1.40 bits per heavy atom. The van der Waals surface area contributed by atoms with E-state index < -0.39 is 0 Å². The number of hydrogen-bond donors (Lipinski definition) is 0. The number of fused-ring (bicyclic) bond motifs is 6. The SMILES string of the molecule is c1ccc(OCCCc2ccc3c(c2)c2ccccc2n3-c2ccc(-c3ccc(-n4c5ccccc5c5ccccc54)cc3)cc2)cc1. The van der Waals surface area contributed by atoms with Crippen molar-refractivity contribution in [2.24, 2.45) is 0 Å². The van der Waals surface area contributed by atoms with E-state index in [9.17, 15) is 0 Å². The van der Waals surface area contributed by atoms with Crippen LogP contribution in [0.5, 0.6) is 5.75 Å². The van der Waals surface area contributed by atoms with Crippen LogP contribution >= 0.6 is 0 Å². The third-order valence-electron chi connectivity index (χ3n) is 9.52. The highest BCUT2D eigenvalue weighted by atomic mass is 16.5. The van der Waals surface area contributed by atoms with E-state index in [2.05, 4.69) is 149 Å². The normalized spacial score (nSPS) is 11.6. The standard InChI is InChI=1S/C45H34N2O/c1-2-12-37(13-3-1)48-30-10-11-32-20-29-45-41(31-32)40-16-6-9-19-44(40)47(45)36-27-23-34(24-28-36)33-21-25-35(26-22-33)46-42-17-7-4-14-38(42)39-15-5-8-18-43(39)46/h1-9,12-29,31H,10-11,30H2. The second-order valence-electron chi connectivity index (χ2n) is 12.4. The molecule has 230 valence electrons. The van der Waals surface area contributed by atoms with Crippen LogP contribution in [0.15, 0.2) is 170 Å². The second-order valence-corrected chi connectivity index (χ2v) is 12.4. The van der Waals surface area contributed by atoms with Crippen molar-refractivity contribution >= 4 is 43.6 Å². The van der Waals surface area contributed by atoms with E-state index in [4.69, 9.17) is 4.74 Å². The minimum Gasteiger partial charge on any atom is -0.494 e. The minimum atomic E-state index is 0.707. The van der Waals surface area contributed by atoms with E-state index in [0.717, 1.165) is 24.3 Å². The summed E-state index contributed by atoms with van der Waals surface area (Å²) in [5.41, 5.74) is 11.0. The Morgan fingerprint density at radius 2 is 0.854 bits per heavy atom. The third kappa shape index (κ3) is 4.92. The predicted octanol–water partition coefficient (Wildman–Crippen LogP) is 11.6. The number of aromatic nitrogens is 2. The van der Waals surface area contributed by atoms with Crippen molar-refractivity contribution in [3.05, 3.63) is 175 Å². The molecule has 3 heteroatoms. The van der Waals surface area contributed by atoms with Gasteiger partial charge in [-0.25, -0.2) is 0 Å². The van der Waals surface area contributed by atoms with Crippen LogP contribution in [-0.2, 0) is 6.42 Å². The fourth-order valence-electron chi connectivity index (χ4n) is 7.24. The molecule has 48 heavy (non-hydrogen) atoms. The molecule has 7 aromatic carbocycles. The Hall–Kier alpha value is -6.06. The van der Waals surface area contributed by atoms with Crippen molar-refractivity contribution in [2.45, 2.75) is 12.8 Å². The summed E-state index contributed by atoms with van der Waals surface area (Å²) in [6, 6.07) is 61.0. The first-order valence-corrected chi connectivity index (χ1v) is 16.7. The van der Waals surface area contributed by atoms with Gasteiger partial charge in [0.25, 0.3) is 0 Å². The van der Waals surface area contributed by atoms with Crippen molar-refractivity contribution in [1.29, 1.82) is 0 Å². The van der Waals surface area contributed by atoms with Crippen LogP contribution < -0.4 is 4.74 Å². The summed E-state index contributed by atoms with van der Waals surface area (Å²) < 4.78 is 10.7. The molecule has 0 atom stereocenters. The number of hydrogen-bond acceptors (Lipinski definition) is 1. The molecular weight excluding hydrogens is 585 g/mol. The number of benzene rings is 7. The summed E-state index contributed by atoms with van der Waals surface area (Å²) >= 11 is 0. The van der Waals surface area contributed by atoms with Gasteiger partial charge in [-0.2, -0.15) is 0 Å². The molecule has 0 spiro atoms. The van der Waals surface area contributed by atoms with Gasteiger partial charge in [-0.15, -0.1) is 0 Å². The molecular formula is C45H34N2O. The summed E-state index contributed by atoms with van der Waals surface area (Å²) in [5.74, 6) is 0.929. The Balaban J connectivity index is 0.998. The van der Waals surface area contributed by atoms with Gasteiger partial charge in [0.1, 0.15) is 5.75 Å². The third-order valence-corrected chi connectivity index (χ3v) is 9.52. The fraction of sp³-hybridized carbons (Fsp3) is 0.0667. The van der Waals surface area contributed by atoms with Crippen LogP contribution in [-0.4, -0.2) is 15.7 Å². The Bertz CT molecular complexity index is 2490. The quantitative estimate of drug-likeness (QED) is 0.155. The van der Waals surface area contributed by atoms with Gasteiger partial charge in [-0.3, -0.25) is 0 Å². The van der Waals surface area contributed by atoms with E-state index in [1.807, 2.05) is 30.3 Å². The van der Waals surface area contributed by atoms with Crippen molar-refractivity contribution in [3.8, 4) is 28.3 Å². The van der Waals surface area contributed by atoms with Crippen LogP contribution in [0.3, 0.4) is 0 Å². The fourth-order valence-corrected chi connectivity index (χ4v) is 7.24. The van der Waals surface area contributed by atoms with Gasteiger partial charge in [-0.05, 0) is 96.3 Å². The predicted molar refractivity (Wildman–Crippen MR) is 201 cm³/mol. The first kappa shape index (κ1) is 28.2. The lowest BCUT2D eigenvalue weighted by atomic mass is 10.0. The molecule has 0 aliphatic rings. The molecule has 0 fully saturated rings. The lowest BCUT2D eigenvalue weighted by molar-refractivity contribution is 0.311. The molecule has 0 radical (unpaired) electrons. The highest BCUT2D eigenvalue weighted by Crippen LogP contribution is 2.35. The Morgan fingerprint density at radius 1 is 0.396 bits per heavy atom. The van der Waals surface area contributed by atoms with Crippen molar-refractivity contribution in [2.75, 3.05) is 6.61 Å². The molecule has 0 aliphatic carbocycles. The maximum Gasteiger partial charge on any atom is 0.119 e. The summed E-state index contributed by atoms with van der Waals surface area (Å²) in [4.78, 5) is 0. The maximum atomic E-state index is 5.94. The molecule has 9 rings (SSSR count). The van der Waals surface area contributed by atoms with E-state index >= 15 is 0 Å². The van der Waals surface area contributed by atoms with Crippen LogP contribution in [0.2, 0.25) is 0 Å². The number of para-hydroxylation sites is 4. The summed E-state index contributed by atoms with van der Waals surface area (Å²) in [7, 11) is 0. The molecule has 0 saturated carbocycles. The second kappa shape index (κ2) is 11.9. The average Bonchev–Trinajstić information content (AvgIpc) is 3.67. The van der Waals surface area contributed by atoms with Gasteiger partial charge in [0.2, 0.25) is 0 Å². The average molecular weight is 619 g/mol. The van der Waals surface area contributed by atoms with Gasteiger partial charge in [0.05, 0.1) is 28.7 Å². The molecule has 0 aliphatic heterocycles. The van der Waals surface area contributed by atoms with Gasteiger partial charge in [0.15, 0.2) is 0 Å². The molecule has 0 saturated heterocycles. The molecule has 0 N–H and O–H groups in total. The number of aryl methyl sites for hydroxylation is 1. The molecule has 0 unspecified atom stereocenters. The number of ether oxygens (including phenoxy) is 1. The lowest BCUT2D eigenvalue weighted by Crippen LogP contribution is -1.99. The minimum absolute atomic E-state index is 0.707. The highest BCUT2D eigenvalue weighted by molar-refractivity contribution is 6.10. The Kier molecular flexibility index (Phi) is 7.01. The molecule has 0 amide bonds. The van der Waals surface area contributed by atoms with E-state index in [1.165, 1.54) is 66.0 Å². The molecule has 3 nitrogen and oxygen atoms in total. The molecule has 2 heterocycles. The zero-order valence-electron chi connectivity index (χ0n) is 26.6. The number of rotatable bonds is 8. The van der Waals surface area contributed by atoms with Crippen LogP contribution in [0, 0.1) is 0 Å². The van der Waals surface area contributed by atoms with Crippen molar-refractivity contribution in [3.63, 3.8) is 0 Å². The van der Waals surface area contributed by atoms with Crippen LogP contribution in [0.1, 0.15) is 12.0 Å². The van der Waals surface area contributed by atoms with Gasteiger partial charge < -0.3 is 13.9 Å². The van der Waals surface area contributed by atoms with Crippen molar-refractivity contribution < 1.29 is 4.74 Å². The molecule has 0 bridgehead atoms. The van der Waals surface area contributed by atoms with Crippen LogP contribution in [0.25, 0.3) is 66.1 Å². The summed E-state index contributed by atoms with van der Waals surface area (Å²) in [5, 5.41) is 5.13. The van der Waals surface area contributed by atoms with Crippen molar-refractivity contribution in [1.82, 2.24) is 9.13 Å². The summed E-state index contributed by atoms with van der Waals surface area (Å²) in [6.45, 7) is 0.707. The van der Waals surface area contributed by atoms with Gasteiger partial charge in [-0.1, -0.05) is 103 Å². The van der Waals surface area contributed by atoms with E-state index in [-0.39, 0.29) is 0 Å². The first-order valence-electron chi connectivity index (χ1n) is 16.7. The monoisotopic (exact) mass is 618 g/mol. The van der Waals surface area contributed by atoms with Gasteiger partial charge in [0, 0.05) is 32.9 Å². The smallest absolute Gasteiger partial charge is 0.119 e. The van der Waals surface area contributed by atoms with E-state index in [0.29, 0.717) is 6.61 Å². The zero-order valence-corrected chi connectivity index (χ0v) is 26.6.